The third kappa shape index (κ3) is 2.28. The fraction of sp³-hybridized carbons (Fsp3) is 0.167. The zero-order chi connectivity index (χ0) is 13.1. The first-order valence-electron chi connectivity index (χ1n) is 5.39. The molecule has 5 nitrogen and oxygen atoms in total. The first-order valence-corrected chi connectivity index (χ1v) is 5.80. The maximum Gasteiger partial charge on any atom is 0.305 e. The lowest BCUT2D eigenvalue weighted by Gasteiger charge is -2.07. The molecule has 2 rings (SSSR count). The zero-order valence-corrected chi connectivity index (χ0v) is 10.9. The van der Waals surface area contributed by atoms with Gasteiger partial charge in [0.05, 0.1) is 0 Å². The van der Waals surface area contributed by atoms with Gasteiger partial charge in [-0.05, 0) is 25.2 Å². The van der Waals surface area contributed by atoms with Gasteiger partial charge in [0.25, 0.3) is 0 Å². The SMILES string of the molecule is CNC(=S)NNC(=O)c1oc2ccccc2c1C. The molecule has 0 spiro atoms. The molecule has 0 aliphatic carbocycles. The third-order valence-electron chi connectivity index (χ3n) is 2.57. The van der Waals surface area contributed by atoms with Crippen LogP contribution in [0, 0.1) is 6.92 Å². The molecule has 1 aromatic heterocycles. The molecule has 2 aromatic rings. The smallest absolute Gasteiger partial charge is 0.305 e. The quantitative estimate of drug-likeness (QED) is 0.537. The van der Waals surface area contributed by atoms with Crippen molar-refractivity contribution in [2.24, 2.45) is 0 Å². The van der Waals surface area contributed by atoms with E-state index in [4.69, 9.17) is 16.6 Å². The van der Waals surface area contributed by atoms with E-state index in [1.165, 1.54) is 0 Å². The van der Waals surface area contributed by atoms with Crippen LogP contribution in [0.25, 0.3) is 11.0 Å². The van der Waals surface area contributed by atoms with Gasteiger partial charge in [-0.2, -0.15) is 0 Å². The number of benzene rings is 1. The highest BCUT2D eigenvalue weighted by Gasteiger charge is 2.16. The number of nitrogens with one attached hydrogen (secondary N) is 3. The van der Waals surface area contributed by atoms with Crippen molar-refractivity contribution < 1.29 is 9.21 Å². The fourth-order valence-electron chi connectivity index (χ4n) is 1.62. The largest absolute Gasteiger partial charge is 0.451 e. The van der Waals surface area contributed by atoms with Crippen LogP contribution in [0.3, 0.4) is 0 Å². The van der Waals surface area contributed by atoms with Gasteiger partial charge in [0.15, 0.2) is 10.9 Å². The molecule has 0 aliphatic heterocycles. The minimum atomic E-state index is -0.360. The summed E-state index contributed by atoms with van der Waals surface area (Å²) in [5.41, 5.74) is 6.52. The Morgan fingerprint density at radius 3 is 2.67 bits per heavy atom. The second-order valence-electron chi connectivity index (χ2n) is 3.71. The van der Waals surface area contributed by atoms with Gasteiger partial charge in [0.1, 0.15) is 5.58 Å². The lowest BCUT2D eigenvalue weighted by molar-refractivity contribution is 0.0917. The molecule has 1 heterocycles. The predicted molar refractivity (Wildman–Crippen MR) is 73.2 cm³/mol. The van der Waals surface area contributed by atoms with Crippen LogP contribution in [0.4, 0.5) is 0 Å². The summed E-state index contributed by atoms with van der Waals surface area (Å²) in [6, 6.07) is 7.50. The van der Waals surface area contributed by atoms with E-state index < -0.39 is 0 Å². The molecule has 0 fully saturated rings. The summed E-state index contributed by atoms with van der Waals surface area (Å²) in [6.07, 6.45) is 0. The molecule has 0 unspecified atom stereocenters. The van der Waals surface area contributed by atoms with Gasteiger partial charge < -0.3 is 9.73 Å². The number of hydrazine groups is 1. The molecule has 1 aromatic carbocycles. The molecule has 0 saturated carbocycles. The summed E-state index contributed by atoms with van der Waals surface area (Å²) in [6.45, 7) is 1.84. The van der Waals surface area contributed by atoms with Gasteiger partial charge in [0.2, 0.25) is 0 Å². The minimum Gasteiger partial charge on any atom is -0.451 e. The van der Waals surface area contributed by atoms with E-state index in [0.29, 0.717) is 10.7 Å². The van der Waals surface area contributed by atoms with Crippen molar-refractivity contribution >= 4 is 34.2 Å². The van der Waals surface area contributed by atoms with Gasteiger partial charge >= 0.3 is 5.91 Å². The highest BCUT2D eigenvalue weighted by molar-refractivity contribution is 7.80. The molecular weight excluding hydrogens is 250 g/mol. The lowest BCUT2D eigenvalue weighted by Crippen LogP contribution is -2.45. The number of aryl methyl sites for hydroxylation is 1. The van der Waals surface area contributed by atoms with Crippen molar-refractivity contribution in [3.63, 3.8) is 0 Å². The number of fused-ring (bicyclic) bond motifs is 1. The maximum absolute atomic E-state index is 11.9. The molecule has 0 aliphatic rings. The number of furan rings is 1. The summed E-state index contributed by atoms with van der Waals surface area (Å²) in [5.74, 6) is -0.0797. The number of carbonyl (C=O) groups is 1. The van der Waals surface area contributed by atoms with E-state index in [0.717, 1.165) is 10.9 Å². The Hall–Kier alpha value is -2.08. The first kappa shape index (κ1) is 12.4. The standard InChI is InChI=1S/C12H13N3O2S/c1-7-8-5-3-4-6-9(8)17-10(7)11(16)14-15-12(18)13-2/h3-6H,1-2H3,(H,14,16)(H2,13,15,18). The number of carbonyl (C=O) groups excluding carboxylic acids is 1. The lowest BCUT2D eigenvalue weighted by atomic mass is 10.1. The van der Waals surface area contributed by atoms with E-state index in [2.05, 4.69) is 16.2 Å². The number of hydrogen-bond acceptors (Lipinski definition) is 3. The Labute approximate surface area is 110 Å². The number of para-hydroxylation sites is 1. The van der Waals surface area contributed by atoms with E-state index >= 15 is 0 Å². The van der Waals surface area contributed by atoms with E-state index in [9.17, 15) is 4.79 Å². The molecule has 0 radical (unpaired) electrons. The zero-order valence-electron chi connectivity index (χ0n) is 10.0. The van der Waals surface area contributed by atoms with Crippen LogP contribution in [0.1, 0.15) is 16.1 Å². The molecule has 3 N–H and O–H groups in total. The van der Waals surface area contributed by atoms with Crippen LogP contribution in [0.2, 0.25) is 0 Å². The maximum atomic E-state index is 11.9. The average molecular weight is 263 g/mol. The molecule has 0 atom stereocenters. The summed E-state index contributed by atoms with van der Waals surface area (Å²) in [5, 5.41) is 3.95. The number of amides is 1. The van der Waals surface area contributed by atoms with Crippen LogP contribution in [-0.2, 0) is 0 Å². The van der Waals surface area contributed by atoms with Crippen molar-refractivity contribution in [3.05, 3.63) is 35.6 Å². The Morgan fingerprint density at radius 2 is 2.00 bits per heavy atom. The Balaban J connectivity index is 2.23. The van der Waals surface area contributed by atoms with E-state index in [1.54, 1.807) is 7.05 Å². The predicted octanol–water partition coefficient (Wildman–Crippen LogP) is 1.48. The van der Waals surface area contributed by atoms with Crippen LogP contribution in [0.15, 0.2) is 28.7 Å². The topological polar surface area (TPSA) is 66.3 Å². The van der Waals surface area contributed by atoms with Crippen molar-refractivity contribution in [2.45, 2.75) is 6.92 Å². The second-order valence-corrected chi connectivity index (χ2v) is 4.12. The van der Waals surface area contributed by atoms with E-state index in [-0.39, 0.29) is 11.7 Å². The van der Waals surface area contributed by atoms with Gasteiger partial charge in [-0.1, -0.05) is 18.2 Å². The average Bonchev–Trinajstić information content (AvgIpc) is 2.73. The first-order chi connectivity index (χ1) is 8.63. The highest BCUT2D eigenvalue weighted by Crippen LogP contribution is 2.24. The van der Waals surface area contributed by atoms with Crippen molar-refractivity contribution in [2.75, 3.05) is 7.05 Å². The van der Waals surface area contributed by atoms with Gasteiger partial charge in [0, 0.05) is 18.0 Å². The monoisotopic (exact) mass is 263 g/mol. The Bertz CT molecular complexity index is 606. The Kier molecular flexibility index (Phi) is 3.47. The van der Waals surface area contributed by atoms with Crippen LogP contribution >= 0.6 is 12.2 Å². The third-order valence-corrected chi connectivity index (χ3v) is 2.87. The summed E-state index contributed by atoms with van der Waals surface area (Å²) >= 11 is 4.85. The molecule has 0 saturated heterocycles. The number of hydrogen-bond donors (Lipinski definition) is 3. The van der Waals surface area contributed by atoms with Crippen LogP contribution in [0.5, 0.6) is 0 Å². The van der Waals surface area contributed by atoms with Gasteiger partial charge in [-0.15, -0.1) is 0 Å². The summed E-state index contributed by atoms with van der Waals surface area (Å²) in [7, 11) is 1.66. The van der Waals surface area contributed by atoms with Crippen molar-refractivity contribution in [3.8, 4) is 0 Å². The summed E-state index contributed by atoms with van der Waals surface area (Å²) in [4.78, 5) is 11.9. The highest BCUT2D eigenvalue weighted by atomic mass is 32.1. The Morgan fingerprint density at radius 1 is 1.28 bits per heavy atom. The second kappa shape index (κ2) is 5.05. The molecule has 94 valence electrons. The number of rotatable bonds is 1. The van der Waals surface area contributed by atoms with Crippen LogP contribution < -0.4 is 16.2 Å². The van der Waals surface area contributed by atoms with Crippen LogP contribution in [-0.4, -0.2) is 18.1 Å². The molecule has 18 heavy (non-hydrogen) atoms. The van der Waals surface area contributed by atoms with Gasteiger partial charge in [-0.3, -0.25) is 15.6 Å². The van der Waals surface area contributed by atoms with Crippen molar-refractivity contribution in [1.29, 1.82) is 0 Å². The molecule has 6 heteroatoms. The summed E-state index contributed by atoms with van der Waals surface area (Å²) < 4.78 is 5.51. The van der Waals surface area contributed by atoms with E-state index in [1.807, 2.05) is 31.2 Å². The minimum absolute atomic E-state index is 0.280. The normalized spacial score (nSPS) is 10.1. The van der Waals surface area contributed by atoms with Crippen molar-refractivity contribution in [1.82, 2.24) is 16.2 Å². The fourth-order valence-corrected chi connectivity index (χ4v) is 1.67. The van der Waals surface area contributed by atoms with Gasteiger partial charge in [-0.25, -0.2) is 0 Å². The molecule has 0 bridgehead atoms. The molecule has 1 amide bonds. The number of thiocarbonyl (C=S) groups is 1. The molecular formula is C12H13N3O2S.